The lowest BCUT2D eigenvalue weighted by atomic mass is 9.99. The molecule has 0 saturated carbocycles. The second-order valence-electron chi connectivity index (χ2n) is 4.27. The molecule has 5 nitrogen and oxygen atoms in total. The summed E-state index contributed by atoms with van der Waals surface area (Å²) < 4.78 is 30.4. The minimum absolute atomic E-state index is 0.163. The summed E-state index contributed by atoms with van der Waals surface area (Å²) >= 11 is 0. The highest BCUT2D eigenvalue weighted by Gasteiger charge is 2.34. The van der Waals surface area contributed by atoms with Gasteiger partial charge in [-0.05, 0) is 14.0 Å². The molecule has 1 aliphatic rings. The molecule has 1 unspecified atom stereocenters. The van der Waals surface area contributed by atoms with E-state index >= 15 is 0 Å². The Morgan fingerprint density at radius 3 is 3.00 bits per heavy atom. The molecule has 7 heteroatoms. The fraction of sp³-hybridized carbons (Fsp3) is 0.636. The van der Waals surface area contributed by atoms with Gasteiger partial charge in [0.1, 0.15) is 0 Å². The van der Waals surface area contributed by atoms with E-state index in [1.54, 1.807) is 14.0 Å². The summed E-state index contributed by atoms with van der Waals surface area (Å²) in [5, 5.41) is 6.53. The van der Waals surface area contributed by atoms with E-state index in [-0.39, 0.29) is 25.3 Å². The molecule has 1 atom stereocenters. The van der Waals surface area contributed by atoms with Crippen LogP contribution in [-0.4, -0.2) is 47.2 Å². The van der Waals surface area contributed by atoms with Gasteiger partial charge in [0.2, 0.25) is 0 Å². The maximum Gasteiger partial charge on any atom is 0.359 e. The van der Waals surface area contributed by atoms with Crippen molar-refractivity contribution in [3.8, 4) is 0 Å². The Labute approximate surface area is 103 Å². The average molecular weight is 259 g/mol. The number of carbonyl (C=O) groups is 1. The molecule has 0 radical (unpaired) electrons. The van der Waals surface area contributed by atoms with E-state index in [4.69, 9.17) is 4.74 Å². The monoisotopic (exact) mass is 259 g/mol. The summed E-state index contributed by atoms with van der Waals surface area (Å²) in [6.45, 7) is 2.24. The van der Waals surface area contributed by atoms with E-state index in [9.17, 15) is 13.6 Å². The van der Waals surface area contributed by atoms with Crippen LogP contribution in [0.1, 0.15) is 28.7 Å². The number of H-pyrrole nitrogens is 1. The van der Waals surface area contributed by atoms with Crippen LogP contribution < -0.4 is 0 Å². The number of nitrogens with zero attached hydrogens (tertiary/aromatic N) is 2. The predicted octanol–water partition coefficient (Wildman–Crippen LogP) is 1.21. The van der Waals surface area contributed by atoms with E-state index in [0.29, 0.717) is 11.3 Å². The maximum atomic E-state index is 12.8. The Hall–Kier alpha value is -1.50. The highest BCUT2D eigenvalue weighted by Crippen LogP contribution is 2.26. The maximum absolute atomic E-state index is 12.8. The van der Waals surface area contributed by atoms with Crippen molar-refractivity contribution in [2.24, 2.45) is 0 Å². The van der Waals surface area contributed by atoms with Crippen LogP contribution >= 0.6 is 0 Å². The van der Waals surface area contributed by atoms with E-state index in [0.717, 1.165) is 0 Å². The number of likely N-dealkylation sites (N-methyl/N-ethyl adjacent to an activating group) is 1. The zero-order valence-electron chi connectivity index (χ0n) is 10.2. The number of ether oxygens (including phenoxy) is 1. The van der Waals surface area contributed by atoms with Crippen molar-refractivity contribution < 1.29 is 18.3 Å². The fourth-order valence-electron chi connectivity index (χ4n) is 2.12. The predicted molar refractivity (Wildman–Crippen MR) is 59.5 cm³/mol. The van der Waals surface area contributed by atoms with Crippen molar-refractivity contribution in [3.63, 3.8) is 0 Å². The molecule has 0 aromatic carbocycles. The van der Waals surface area contributed by atoms with Gasteiger partial charge in [-0.15, -0.1) is 0 Å². The van der Waals surface area contributed by atoms with Crippen LogP contribution in [0.25, 0.3) is 0 Å². The van der Waals surface area contributed by atoms with Crippen LogP contribution in [-0.2, 0) is 17.7 Å². The molecule has 18 heavy (non-hydrogen) atoms. The molecular formula is C11H15F2N3O2. The molecule has 2 rings (SSSR count). The topological polar surface area (TPSA) is 58.2 Å². The smallest absolute Gasteiger partial charge is 0.359 e. The van der Waals surface area contributed by atoms with Gasteiger partial charge in [-0.1, -0.05) is 0 Å². The summed E-state index contributed by atoms with van der Waals surface area (Å²) in [6.07, 6.45) is -2.26. The molecule has 2 heterocycles. The van der Waals surface area contributed by atoms with Crippen molar-refractivity contribution in [1.82, 2.24) is 15.1 Å². The van der Waals surface area contributed by atoms with Gasteiger partial charge < -0.3 is 4.74 Å². The number of rotatable bonds is 3. The number of esters is 1. The Morgan fingerprint density at radius 1 is 1.67 bits per heavy atom. The molecular weight excluding hydrogens is 244 g/mol. The Bertz CT molecular complexity index is 447. The largest absolute Gasteiger partial charge is 0.461 e. The number of aromatic amines is 1. The average Bonchev–Trinajstić information content (AvgIpc) is 2.70. The highest BCUT2D eigenvalue weighted by atomic mass is 19.3. The van der Waals surface area contributed by atoms with Gasteiger partial charge in [-0.2, -0.15) is 5.10 Å². The van der Waals surface area contributed by atoms with Crippen LogP contribution in [0.4, 0.5) is 8.78 Å². The van der Waals surface area contributed by atoms with Gasteiger partial charge in [0.05, 0.1) is 12.6 Å². The first-order valence-corrected chi connectivity index (χ1v) is 5.76. The van der Waals surface area contributed by atoms with Gasteiger partial charge in [0.25, 0.3) is 6.43 Å². The first kappa shape index (κ1) is 12.9. The molecule has 0 bridgehead atoms. The normalized spacial score (nSPS) is 19.9. The highest BCUT2D eigenvalue weighted by molar-refractivity contribution is 5.89. The number of hydrogen-bond donors (Lipinski definition) is 1. The molecule has 0 saturated heterocycles. The van der Waals surface area contributed by atoms with Crippen LogP contribution in [0.15, 0.2) is 0 Å². The zero-order valence-corrected chi connectivity index (χ0v) is 10.2. The number of alkyl halides is 2. The first-order chi connectivity index (χ1) is 8.54. The van der Waals surface area contributed by atoms with Crippen LogP contribution in [0, 0.1) is 0 Å². The number of nitrogens with one attached hydrogen (secondary N) is 1. The van der Waals surface area contributed by atoms with Gasteiger partial charge >= 0.3 is 5.97 Å². The fourth-order valence-corrected chi connectivity index (χ4v) is 2.12. The third kappa shape index (κ3) is 2.22. The van der Waals surface area contributed by atoms with Crippen molar-refractivity contribution in [2.75, 3.05) is 13.7 Å². The molecule has 0 spiro atoms. The minimum Gasteiger partial charge on any atom is -0.461 e. The molecule has 1 N–H and O–H groups in total. The van der Waals surface area contributed by atoms with E-state index in [1.165, 1.54) is 4.90 Å². The number of aromatic nitrogens is 2. The third-order valence-electron chi connectivity index (χ3n) is 3.10. The molecule has 0 fully saturated rings. The quantitative estimate of drug-likeness (QED) is 0.829. The molecule has 1 aromatic rings. The molecule has 100 valence electrons. The molecule has 1 aliphatic heterocycles. The zero-order chi connectivity index (χ0) is 13.3. The number of carbonyl (C=O) groups excluding carboxylic acids is 1. The van der Waals surface area contributed by atoms with Gasteiger partial charge in [-0.25, -0.2) is 13.6 Å². The molecule has 1 aromatic heterocycles. The van der Waals surface area contributed by atoms with Crippen LogP contribution in [0.2, 0.25) is 0 Å². The summed E-state index contributed by atoms with van der Waals surface area (Å²) in [5.74, 6) is -0.515. The van der Waals surface area contributed by atoms with Gasteiger partial charge in [0, 0.05) is 24.2 Å². The lowest BCUT2D eigenvalue weighted by Crippen LogP contribution is -2.42. The lowest BCUT2D eigenvalue weighted by Gasteiger charge is -2.31. The lowest BCUT2D eigenvalue weighted by molar-refractivity contribution is 0.0276. The third-order valence-corrected chi connectivity index (χ3v) is 3.10. The molecule has 0 amide bonds. The second-order valence-corrected chi connectivity index (χ2v) is 4.27. The first-order valence-electron chi connectivity index (χ1n) is 5.76. The van der Waals surface area contributed by atoms with Crippen molar-refractivity contribution in [1.29, 1.82) is 0 Å². The standard InChI is InChI=1S/C11H15F2N3O2/c1-3-18-11(17)9-6-5-16(2)8(10(12)13)4-7(6)14-15-9/h8,10H,3-5H2,1-2H3,(H,14,15). The number of fused-ring (bicyclic) bond motifs is 1. The number of hydrogen-bond acceptors (Lipinski definition) is 4. The SMILES string of the molecule is CCOC(=O)c1n[nH]c2c1CN(C)C(C(F)F)C2. The van der Waals surface area contributed by atoms with Crippen LogP contribution in [0.3, 0.4) is 0 Å². The van der Waals surface area contributed by atoms with Gasteiger partial charge in [-0.3, -0.25) is 10.00 Å². The van der Waals surface area contributed by atoms with Crippen molar-refractivity contribution >= 4 is 5.97 Å². The van der Waals surface area contributed by atoms with E-state index in [2.05, 4.69) is 10.2 Å². The second kappa shape index (κ2) is 5.01. The van der Waals surface area contributed by atoms with E-state index in [1.807, 2.05) is 0 Å². The Balaban J connectivity index is 2.25. The van der Waals surface area contributed by atoms with E-state index < -0.39 is 18.4 Å². The number of halogens is 2. The minimum atomic E-state index is -2.42. The summed E-state index contributed by atoms with van der Waals surface area (Å²) in [7, 11) is 1.61. The van der Waals surface area contributed by atoms with Gasteiger partial charge in [0.15, 0.2) is 5.69 Å². The Morgan fingerprint density at radius 2 is 2.39 bits per heavy atom. The Kier molecular flexibility index (Phi) is 3.60. The van der Waals surface area contributed by atoms with Crippen LogP contribution in [0.5, 0.6) is 0 Å². The summed E-state index contributed by atoms with van der Waals surface area (Å²) in [5.41, 5.74) is 1.46. The summed E-state index contributed by atoms with van der Waals surface area (Å²) in [6, 6.07) is -0.840. The van der Waals surface area contributed by atoms with Crippen molar-refractivity contribution in [3.05, 3.63) is 17.0 Å². The summed E-state index contributed by atoms with van der Waals surface area (Å²) in [4.78, 5) is 13.2. The molecule has 0 aliphatic carbocycles. The van der Waals surface area contributed by atoms with Crippen molar-refractivity contribution in [2.45, 2.75) is 32.4 Å².